The Morgan fingerprint density at radius 3 is 2.52 bits per heavy atom. The highest BCUT2D eigenvalue weighted by Crippen LogP contribution is 2.27. The van der Waals surface area contributed by atoms with E-state index in [1.807, 2.05) is 12.1 Å². The maximum absolute atomic E-state index is 9.53. The van der Waals surface area contributed by atoms with Crippen molar-refractivity contribution in [2.45, 2.75) is 6.54 Å². The maximum atomic E-state index is 9.53. The van der Waals surface area contributed by atoms with Crippen molar-refractivity contribution in [1.82, 2.24) is 9.55 Å². The molecule has 0 aliphatic rings. The van der Waals surface area contributed by atoms with E-state index in [0.717, 1.165) is 10.6 Å². The van der Waals surface area contributed by atoms with Gasteiger partial charge < -0.3 is 14.9 Å². The van der Waals surface area contributed by atoms with E-state index in [0.29, 0.717) is 17.2 Å². The molecular weight excluding hydrogens is 314 g/mol. The van der Waals surface area contributed by atoms with Crippen molar-refractivity contribution in [1.29, 1.82) is 5.26 Å². The lowest BCUT2D eigenvalue weighted by Gasteiger charge is -2.09. The summed E-state index contributed by atoms with van der Waals surface area (Å²) in [6.45, 7) is 0.608. The average Bonchev–Trinajstić information content (AvgIpc) is 3.17. The van der Waals surface area contributed by atoms with Crippen LogP contribution in [0.5, 0.6) is 17.5 Å². The minimum absolute atomic E-state index is 0.00874. The van der Waals surface area contributed by atoms with E-state index in [9.17, 15) is 10.2 Å². The highest BCUT2D eigenvalue weighted by Gasteiger charge is 2.07. The molecule has 7 heteroatoms. The molecule has 0 aliphatic heterocycles. The summed E-state index contributed by atoms with van der Waals surface area (Å²) in [5, 5.41) is 27.9. The average molecular weight is 327 g/mol. The molecule has 0 aliphatic carbocycles. The third kappa shape index (κ3) is 3.27. The number of rotatable bonds is 5. The van der Waals surface area contributed by atoms with Gasteiger partial charge in [-0.3, -0.25) is 9.55 Å². The monoisotopic (exact) mass is 327 g/mol. The molecule has 0 unspecified atom stereocenters. The summed E-state index contributed by atoms with van der Waals surface area (Å²) in [5.41, 5.74) is 0.782. The van der Waals surface area contributed by atoms with E-state index in [1.165, 1.54) is 28.0 Å². The van der Waals surface area contributed by atoms with Crippen LogP contribution in [0.2, 0.25) is 0 Å². The quantitative estimate of drug-likeness (QED) is 0.752. The van der Waals surface area contributed by atoms with Gasteiger partial charge in [0.25, 0.3) is 0 Å². The molecule has 3 aromatic heterocycles. The van der Waals surface area contributed by atoms with Crippen molar-refractivity contribution in [3.8, 4) is 34.1 Å². The van der Waals surface area contributed by atoms with Crippen LogP contribution in [0.25, 0.3) is 10.6 Å². The molecule has 0 radical (unpaired) electrons. The maximum Gasteiger partial charge on any atom is 0.193 e. The van der Waals surface area contributed by atoms with Gasteiger partial charge in [-0.05, 0) is 24.3 Å². The predicted molar refractivity (Wildman–Crippen MR) is 85.5 cm³/mol. The molecule has 2 N–H and O–H groups in total. The number of nitrogens with zero attached hydrogens (tertiary/aromatic N) is 3. The molecule has 23 heavy (non-hydrogen) atoms. The Morgan fingerprint density at radius 1 is 1.13 bits per heavy atom. The van der Waals surface area contributed by atoms with Crippen LogP contribution in [0.1, 0.15) is 4.88 Å². The van der Waals surface area contributed by atoms with Crippen molar-refractivity contribution >= 4 is 11.3 Å². The Kier molecular flexibility index (Phi) is 4.17. The van der Waals surface area contributed by atoms with Crippen LogP contribution >= 0.6 is 11.3 Å². The first-order valence-electron chi connectivity index (χ1n) is 6.84. The summed E-state index contributed by atoms with van der Waals surface area (Å²) < 4.78 is 6.90. The van der Waals surface area contributed by atoms with Gasteiger partial charge in [0.15, 0.2) is 11.8 Å². The van der Waals surface area contributed by atoms with Crippen LogP contribution in [-0.2, 0) is 6.54 Å². The van der Waals surface area contributed by atoms with Crippen LogP contribution in [-0.4, -0.2) is 26.4 Å². The van der Waals surface area contributed by atoms with Crippen LogP contribution < -0.4 is 4.74 Å². The summed E-state index contributed by atoms with van der Waals surface area (Å²) >= 11 is 1.39. The minimum atomic E-state index is -0.00874. The standard InChI is InChI=1S/C16H13N3O3S/c17-9-12-2-4-14(23-12)13-3-1-11(10-18-13)22-8-7-19-15(20)5-6-16(19)21/h1-6,10,20-21H,7-8H2. The van der Waals surface area contributed by atoms with Crippen molar-refractivity contribution in [2.75, 3.05) is 6.61 Å². The van der Waals surface area contributed by atoms with Crippen LogP contribution in [0.4, 0.5) is 0 Å². The van der Waals surface area contributed by atoms with Crippen LogP contribution in [0.15, 0.2) is 42.6 Å². The van der Waals surface area contributed by atoms with Gasteiger partial charge in [-0.1, -0.05) is 0 Å². The third-order valence-corrected chi connectivity index (χ3v) is 4.24. The summed E-state index contributed by atoms with van der Waals surface area (Å²) in [4.78, 5) is 5.89. The summed E-state index contributed by atoms with van der Waals surface area (Å²) in [6.07, 6.45) is 1.61. The first-order chi connectivity index (χ1) is 11.2. The topological polar surface area (TPSA) is 91.3 Å². The molecule has 0 saturated carbocycles. The van der Waals surface area contributed by atoms with Gasteiger partial charge in [-0.25, -0.2) is 0 Å². The molecule has 3 rings (SSSR count). The van der Waals surface area contributed by atoms with E-state index < -0.39 is 0 Å². The number of pyridine rings is 1. The molecule has 0 amide bonds. The summed E-state index contributed by atoms with van der Waals surface area (Å²) in [7, 11) is 0. The first kappa shape index (κ1) is 14.9. The lowest BCUT2D eigenvalue weighted by molar-refractivity contribution is 0.274. The second-order valence-corrected chi connectivity index (χ2v) is 5.79. The third-order valence-electron chi connectivity index (χ3n) is 3.22. The predicted octanol–water partition coefficient (Wildman–Crippen LogP) is 2.97. The molecule has 0 bridgehead atoms. The van der Waals surface area contributed by atoms with Crippen molar-refractivity contribution < 1.29 is 14.9 Å². The highest BCUT2D eigenvalue weighted by molar-refractivity contribution is 7.15. The van der Waals surface area contributed by atoms with Gasteiger partial charge in [0.1, 0.15) is 23.3 Å². The van der Waals surface area contributed by atoms with Gasteiger partial charge in [0.2, 0.25) is 0 Å². The zero-order valence-electron chi connectivity index (χ0n) is 12.0. The SMILES string of the molecule is N#Cc1ccc(-c2ccc(OCCn3c(O)ccc3O)cn2)s1. The highest BCUT2D eigenvalue weighted by atomic mass is 32.1. The van der Waals surface area contributed by atoms with Gasteiger partial charge in [-0.2, -0.15) is 5.26 Å². The molecule has 116 valence electrons. The van der Waals surface area contributed by atoms with Gasteiger partial charge in [0, 0.05) is 12.1 Å². The fourth-order valence-electron chi connectivity index (χ4n) is 2.08. The second-order valence-electron chi connectivity index (χ2n) is 4.70. The summed E-state index contributed by atoms with van der Waals surface area (Å²) in [6, 6.07) is 12.2. The molecule has 0 atom stereocenters. The first-order valence-corrected chi connectivity index (χ1v) is 7.65. The Hall–Kier alpha value is -2.98. The molecule has 0 spiro atoms. The number of nitriles is 1. The fourth-order valence-corrected chi connectivity index (χ4v) is 2.86. The van der Waals surface area contributed by atoms with E-state index in [-0.39, 0.29) is 18.4 Å². The number of hydrogen-bond acceptors (Lipinski definition) is 6. The molecule has 0 fully saturated rings. The fraction of sp³-hybridized carbons (Fsp3) is 0.125. The normalized spacial score (nSPS) is 10.4. The van der Waals surface area contributed by atoms with E-state index in [1.54, 1.807) is 18.3 Å². The lowest BCUT2D eigenvalue weighted by Crippen LogP contribution is -2.07. The van der Waals surface area contributed by atoms with Crippen molar-refractivity contribution in [3.05, 3.63) is 47.5 Å². The van der Waals surface area contributed by atoms with Crippen molar-refractivity contribution in [2.24, 2.45) is 0 Å². The number of ether oxygens (including phenoxy) is 1. The van der Waals surface area contributed by atoms with Crippen LogP contribution in [0.3, 0.4) is 0 Å². The molecule has 0 saturated heterocycles. The molecular formula is C16H13N3O3S. The lowest BCUT2D eigenvalue weighted by atomic mass is 10.3. The smallest absolute Gasteiger partial charge is 0.193 e. The van der Waals surface area contributed by atoms with E-state index in [4.69, 9.17) is 10.00 Å². The number of thiophene rings is 1. The van der Waals surface area contributed by atoms with E-state index in [2.05, 4.69) is 11.1 Å². The Bertz CT molecular complexity index is 827. The molecule has 3 heterocycles. The Labute approximate surface area is 136 Å². The molecule has 6 nitrogen and oxygen atoms in total. The van der Waals surface area contributed by atoms with Gasteiger partial charge in [0.05, 0.1) is 23.3 Å². The van der Waals surface area contributed by atoms with E-state index >= 15 is 0 Å². The van der Waals surface area contributed by atoms with Gasteiger partial charge in [-0.15, -0.1) is 11.3 Å². The Balaban J connectivity index is 1.61. The van der Waals surface area contributed by atoms with Crippen LogP contribution in [0, 0.1) is 11.3 Å². The number of aromatic nitrogens is 2. The number of aromatic hydroxyl groups is 2. The largest absolute Gasteiger partial charge is 0.494 e. The zero-order chi connectivity index (χ0) is 16.2. The summed E-state index contributed by atoms with van der Waals surface area (Å²) in [5.74, 6) is 0.577. The Morgan fingerprint density at radius 2 is 1.91 bits per heavy atom. The zero-order valence-corrected chi connectivity index (χ0v) is 12.8. The van der Waals surface area contributed by atoms with Gasteiger partial charge >= 0.3 is 0 Å². The number of hydrogen-bond donors (Lipinski definition) is 2. The second kappa shape index (κ2) is 6.42. The molecule has 0 aromatic carbocycles. The van der Waals surface area contributed by atoms with Crippen molar-refractivity contribution in [3.63, 3.8) is 0 Å². The molecule has 3 aromatic rings. The minimum Gasteiger partial charge on any atom is -0.494 e.